The summed E-state index contributed by atoms with van der Waals surface area (Å²) in [5.41, 5.74) is 2.74. The third-order valence-corrected chi connectivity index (χ3v) is 3.68. The smallest absolute Gasteiger partial charge is 0.226 e. The van der Waals surface area contributed by atoms with E-state index in [4.69, 9.17) is 14.2 Å². The summed E-state index contributed by atoms with van der Waals surface area (Å²) < 4.78 is 15.9. The number of nitrogens with one attached hydrogen (secondary N) is 2. The zero-order valence-electron chi connectivity index (χ0n) is 15.0. The second kappa shape index (κ2) is 8.82. The fraction of sp³-hybridized carbons (Fsp3) is 0.316. The molecule has 0 aliphatic rings. The highest BCUT2D eigenvalue weighted by molar-refractivity contribution is 5.91. The summed E-state index contributed by atoms with van der Waals surface area (Å²) in [4.78, 5) is 12.0. The molecule has 0 heterocycles. The number of hydrogen-bond acceptors (Lipinski definition) is 5. The van der Waals surface area contributed by atoms with E-state index in [1.807, 2.05) is 31.2 Å². The highest BCUT2D eigenvalue weighted by atomic mass is 16.5. The molecule has 2 N–H and O–H groups in total. The van der Waals surface area contributed by atoms with Crippen LogP contribution in [0.15, 0.2) is 36.4 Å². The molecule has 0 spiro atoms. The van der Waals surface area contributed by atoms with E-state index in [0.717, 1.165) is 16.9 Å². The predicted octanol–water partition coefficient (Wildman–Crippen LogP) is 3.46. The van der Waals surface area contributed by atoms with E-state index in [-0.39, 0.29) is 5.91 Å². The van der Waals surface area contributed by atoms with Crippen molar-refractivity contribution in [2.75, 3.05) is 38.5 Å². The summed E-state index contributed by atoms with van der Waals surface area (Å²) in [6, 6.07) is 11.3. The molecule has 6 heteroatoms. The molecule has 0 aromatic heterocycles. The Hall–Kier alpha value is -2.89. The van der Waals surface area contributed by atoms with Gasteiger partial charge >= 0.3 is 0 Å². The molecule has 1 amide bonds. The number of amides is 1. The first kappa shape index (κ1) is 18.4. The number of rotatable bonds is 8. The second-order valence-electron chi connectivity index (χ2n) is 5.50. The Morgan fingerprint density at radius 1 is 0.920 bits per heavy atom. The predicted molar refractivity (Wildman–Crippen MR) is 99.0 cm³/mol. The van der Waals surface area contributed by atoms with Gasteiger partial charge in [-0.3, -0.25) is 4.79 Å². The molecule has 0 aliphatic carbocycles. The second-order valence-corrected chi connectivity index (χ2v) is 5.50. The summed E-state index contributed by atoms with van der Waals surface area (Å²) in [5.74, 6) is 1.61. The van der Waals surface area contributed by atoms with Gasteiger partial charge in [-0.15, -0.1) is 0 Å². The molecule has 2 aromatic rings. The largest absolute Gasteiger partial charge is 0.493 e. The number of hydrogen-bond donors (Lipinski definition) is 2. The molecule has 0 radical (unpaired) electrons. The molecular weight excluding hydrogens is 320 g/mol. The number of anilines is 2. The summed E-state index contributed by atoms with van der Waals surface area (Å²) in [5, 5.41) is 6.07. The number of ether oxygens (including phenoxy) is 3. The van der Waals surface area contributed by atoms with Crippen molar-refractivity contribution < 1.29 is 19.0 Å². The minimum absolute atomic E-state index is 0.0520. The first-order valence-corrected chi connectivity index (χ1v) is 7.97. The quantitative estimate of drug-likeness (QED) is 0.767. The normalized spacial score (nSPS) is 10.1. The summed E-state index contributed by atoms with van der Waals surface area (Å²) in [6.07, 6.45) is 0.338. The lowest BCUT2D eigenvalue weighted by molar-refractivity contribution is -0.115. The van der Waals surface area contributed by atoms with Crippen molar-refractivity contribution in [3.63, 3.8) is 0 Å². The van der Waals surface area contributed by atoms with Gasteiger partial charge < -0.3 is 24.8 Å². The van der Waals surface area contributed by atoms with E-state index >= 15 is 0 Å². The number of methoxy groups -OCH3 is 3. The van der Waals surface area contributed by atoms with Gasteiger partial charge in [0.25, 0.3) is 0 Å². The topological polar surface area (TPSA) is 68.8 Å². The molecule has 0 bridgehead atoms. The molecule has 0 unspecified atom stereocenters. The molecule has 0 fully saturated rings. The van der Waals surface area contributed by atoms with Crippen molar-refractivity contribution in [3.05, 3.63) is 42.0 Å². The fourth-order valence-corrected chi connectivity index (χ4v) is 2.36. The van der Waals surface area contributed by atoms with Crippen LogP contribution in [0.4, 0.5) is 11.4 Å². The number of aryl methyl sites for hydroxylation is 1. The van der Waals surface area contributed by atoms with Gasteiger partial charge in [0.1, 0.15) is 0 Å². The summed E-state index contributed by atoms with van der Waals surface area (Å²) in [7, 11) is 4.69. The van der Waals surface area contributed by atoms with Crippen molar-refractivity contribution in [2.45, 2.75) is 13.3 Å². The van der Waals surface area contributed by atoms with Crippen molar-refractivity contribution in [3.8, 4) is 17.2 Å². The first-order valence-electron chi connectivity index (χ1n) is 7.97. The molecule has 2 rings (SSSR count). The van der Waals surface area contributed by atoms with E-state index in [9.17, 15) is 4.79 Å². The van der Waals surface area contributed by atoms with Crippen LogP contribution in [-0.4, -0.2) is 33.8 Å². The van der Waals surface area contributed by atoms with Gasteiger partial charge in [-0.1, -0.05) is 17.7 Å². The zero-order valence-corrected chi connectivity index (χ0v) is 15.0. The average Bonchev–Trinajstić information content (AvgIpc) is 2.62. The number of benzene rings is 2. The third-order valence-electron chi connectivity index (χ3n) is 3.68. The van der Waals surface area contributed by atoms with Gasteiger partial charge in [0.05, 0.1) is 21.3 Å². The van der Waals surface area contributed by atoms with Gasteiger partial charge in [0.2, 0.25) is 11.7 Å². The lowest BCUT2D eigenvalue weighted by Crippen LogP contribution is -2.16. The van der Waals surface area contributed by atoms with Crippen LogP contribution >= 0.6 is 0 Å². The number of carbonyl (C=O) groups is 1. The molecule has 25 heavy (non-hydrogen) atoms. The molecular formula is C19H24N2O4. The van der Waals surface area contributed by atoms with Gasteiger partial charge in [-0.25, -0.2) is 0 Å². The SMILES string of the molecule is COc1cc(NCCC(=O)Nc2ccc(C)cc2)cc(OC)c1OC. The maximum Gasteiger partial charge on any atom is 0.226 e. The number of carbonyl (C=O) groups excluding carboxylic acids is 1. The Morgan fingerprint density at radius 3 is 2.04 bits per heavy atom. The molecule has 0 atom stereocenters. The maximum atomic E-state index is 12.0. The minimum atomic E-state index is -0.0520. The molecule has 134 valence electrons. The van der Waals surface area contributed by atoms with Crippen molar-refractivity contribution in [2.24, 2.45) is 0 Å². The Kier molecular flexibility index (Phi) is 6.51. The minimum Gasteiger partial charge on any atom is -0.493 e. The highest BCUT2D eigenvalue weighted by Gasteiger charge is 2.13. The van der Waals surface area contributed by atoms with Crippen LogP contribution in [0, 0.1) is 6.92 Å². The van der Waals surface area contributed by atoms with Gasteiger partial charge in [0.15, 0.2) is 11.5 Å². The van der Waals surface area contributed by atoms with Crippen molar-refractivity contribution >= 4 is 17.3 Å². The lowest BCUT2D eigenvalue weighted by Gasteiger charge is -2.15. The van der Waals surface area contributed by atoms with Crippen LogP contribution in [0.2, 0.25) is 0 Å². The van der Waals surface area contributed by atoms with Crippen molar-refractivity contribution in [1.82, 2.24) is 0 Å². The molecule has 2 aromatic carbocycles. The monoisotopic (exact) mass is 344 g/mol. The Labute approximate surface area is 148 Å². The van der Waals surface area contributed by atoms with Crippen LogP contribution in [0.5, 0.6) is 17.2 Å². The van der Waals surface area contributed by atoms with Crippen LogP contribution < -0.4 is 24.8 Å². The fourth-order valence-electron chi connectivity index (χ4n) is 2.36. The summed E-state index contributed by atoms with van der Waals surface area (Å²) in [6.45, 7) is 2.49. The van der Waals surface area contributed by atoms with Gasteiger partial charge in [-0.2, -0.15) is 0 Å². The maximum absolute atomic E-state index is 12.0. The molecule has 0 aliphatic heterocycles. The highest BCUT2D eigenvalue weighted by Crippen LogP contribution is 2.39. The van der Waals surface area contributed by atoms with Gasteiger partial charge in [-0.05, 0) is 19.1 Å². The Bertz CT molecular complexity index is 689. The van der Waals surface area contributed by atoms with Crippen LogP contribution in [0.3, 0.4) is 0 Å². The Balaban J connectivity index is 1.92. The molecule has 0 saturated heterocycles. The van der Waals surface area contributed by atoms with Gasteiger partial charge in [0, 0.05) is 36.5 Å². The van der Waals surface area contributed by atoms with Crippen LogP contribution in [-0.2, 0) is 4.79 Å². The average molecular weight is 344 g/mol. The van der Waals surface area contributed by atoms with E-state index in [1.54, 1.807) is 33.5 Å². The van der Waals surface area contributed by atoms with E-state index in [1.165, 1.54) is 0 Å². The van der Waals surface area contributed by atoms with E-state index < -0.39 is 0 Å². The third kappa shape index (κ3) is 5.04. The zero-order chi connectivity index (χ0) is 18.2. The molecule has 0 saturated carbocycles. The van der Waals surface area contributed by atoms with Crippen LogP contribution in [0.1, 0.15) is 12.0 Å². The summed E-state index contributed by atoms with van der Waals surface area (Å²) >= 11 is 0. The lowest BCUT2D eigenvalue weighted by atomic mass is 10.2. The van der Waals surface area contributed by atoms with E-state index in [2.05, 4.69) is 10.6 Å². The standard InChI is InChI=1S/C19H24N2O4/c1-13-5-7-14(8-6-13)21-18(22)9-10-20-15-11-16(23-2)19(25-4)17(12-15)24-3/h5-8,11-12,20H,9-10H2,1-4H3,(H,21,22). The van der Waals surface area contributed by atoms with E-state index in [0.29, 0.717) is 30.2 Å². The van der Waals surface area contributed by atoms with Crippen LogP contribution in [0.25, 0.3) is 0 Å². The Morgan fingerprint density at radius 2 is 1.52 bits per heavy atom. The first-order chi connectivity index (χ1) is 12.1. The van der Waals surface area contributed by atoms with Crippen molar-refractivity contribution in [1.29, 1.82) is 0 Å². The molecule has 6 nitrogen and oxygen atoms in total.